The van der Waals surface area contributed by atoms with Crippen LogP contribution in [0, 0.1) is 0 Å². The Morgan fingerprint density at radius 1 is 1.27 bits per heavy atom. The van der Waals surface area contributed by atoms with Gasteiger partial charge in [0.25, 0.3) is 5.91 Å². The number of carbonyl (C=O) groups is 1. The lowest BCUT2D eigenvalue weighted by Gasteiger charge is -2.33. The lowest BCUT2D eigenvalue weighted by Crippen LogP contribution is -2.43. The minimum Gasteiger partial charge on any atom is -0.422 e. The first-order valence-corrected chi connectivity index (χ1v) is 8.44. The summed E-state index contributed by atoms with van der Waals surface area (Å²) in [6, 6.07) is 11.2. The van der Waals surface area contributed by atoms with Crippen LogP contribution in [0.25, 0.3) is 11.3 Å². The van der Waals surface area contributed by atoms with Crippen LogP contribution in [0.15, 0.2) is 45.3 Å². The summed E-state index contributed by atoms with van der Waals surface area (Å²) in [5.41, 5.74) is 1.52. The highest BCUT2D eigenvalue weighted by molar-refractivity contribution is 5.92. The molecule has 4 rings (SSSR count). The van der Waals surface area contributed by atoms with Crippen molar-refractivity contribution in [3.8, 4) is 11.3 Å². The number of nitrogens with one attached hydrogen (secondary N) is 1. The van der Waals surface area contributed by atoms with E-state index in [9.17, 15) is 9.90 Å². The maximum atomic E-state index is 12.3. The Hall–Kier alpha value is -3.00. The van der Waals surface area contributed by atoms with Crippen molar-refractivity contribution >= 4 is 5.91 Å². The molecule has 0 unspecified atom stereocenters. The number of nitrogens with zero attached hydrogens (tertiary/aromatic N) is 3. The molecule has 8 heteroatoms. The van der Waals surface area contributed by atoms with Gasteiger partial charge in [-0.05, 0) is 19.8 Å². The van der Waals surface area contributed by atoms with Gasteiger partial charge in [-0.3, -0.25) is 4.79 Å². The van der Waals surface area contributed by atoms with Crippen LogP contribution in [-0.2, 0) is 0 Å². The molecule has 134 valence electrons. The van der Waals surface area contributed by atoms with Gasteiger partial charge in [-0.25, -0.2) is 0 Å². The number of aromatic nitrogens is 3. The van der Waals surface area contributed by atoms with Gasteiger partial charge in [0.2, 0.25) is 17.5 Å². The zero-order valence-electron chi connectivity index (χ0n) is 14.1. The van der Waals surface area contributed by atoms with Crippen LogP contribution in [0.4, 0.5) is 0 Å². The smallest absolute Gasteiger partial charge is 0.290 e. The second-order valence-corrected chi connectivity index (χ2v) is 6.44. The fraction of sp³-hybridized carbons (Fsp3) is 0.333. The maximum Gasteiger partial charge on any atom is 0.290 e. The molecule has 0 radical (unpaired) electrons. The molecule has 1 aliphatic rings. The average Bonchev–Trinajstić information content (AvgIpc) is 3.28. The molecule has 1 atom stereocenters. The monoisotopic (exact) mass is 354 g/mol. The second kappa shape index (κ2) is 6.72. The SMILES string of the molecule is C[C@@H](O)c1nnc(C2CC(NC(=O)c3cc(-c4ccccc4)no3)C2)o1. The largest absolute Gasteiger partial charge is 0.422 e. The maximum absolute atomic E-state index is 12.3. The van der Waals surface area contributed by atoms with E-state index in [1.165, 1.54) is 0 Å². The summed E-state index contributed by atoms with van der Waals surface area (Å²) in [6.45, 7) is 1.57. The molecule has 1 aliphatic carbocycles. The number of rotatable bonds is 5. The molecule has 0 spiro atoms. The zero-order valence-corrected chi connectivity index (χ0v) is 14.1. The van der Waals surface area contributed by atoms with Gasteiger partial charge in [0.05, 0.1) is 0 Å². The highest BCUT2D eigenvalue weighted by Gasteiger charge is 2.36. The van der Waals surface area contributed by atoms with Crippen LogP contribution in [0.1, 0.15) is 54.1 Å². The normalized spacial score (nSPS) is 20.4. The summed E-state index contributed by atoms with van der Waals surface area (Å²) >= 11 is 0. The minimum absolute atomic E-state index is 0.0136. The molecule has 2 heterocycles. The van der Waals surface area contributed by atoms with E-state index in [1.54, 1.807) is 13.0 Å². The summed E-state index contributed by atoms with van der Waals surface area (Å²) in [5.74, 6) is 0.690. The van der Waals surface area contributed by atoms with E-state index >= 15 is 0 Å². The summed E-state index contributed by atoms with van der Waals surface area (Å²) < 4.78 is 10.6. The van der Waals surface area contributed by atoms with E-state index in [0.717, 1.165) is 5.56 Å². The lowest BCUT2D eigenvalue weighted by atomic mass is 9.80. The Labute approximate surface area is 149 Å². The van der Waals surface area contributed by atoms with Crippen molar-refractivity contribution in [1.82, 2.24) is 20.7 Å². The Balaban J connectivity index is 1.33. The highest BCUT2D eigenvalue weighted by Crippen LogP contribution is 2.36. The van der Waals surface area contributed by atoms with E-state index in [1.807, 2.05) is 30.3 Å². The van der Waals surface area contributed by atoms with Gasteiger partial charge in [0, 0.05) is 23.6 Å². The molecule has 2 aromatic heterocycles. The molecule has 8 nitrogen and oxygen atoms in total. The van der Waals surface area contributed by atoms with Gasteiger partial charge < -0.3 is 19.4 Å². The van der Waals surface area contributed by atoms with Crippen molar-refractivity contribution in [2.75, 3.05) is 0 Å². The van der Waals surface area contributed by atoms with E-state index in [0.29, 0.717) is 24.4 Å². The first kappa shape index (κ1) is 16.5. The van der Waals surface area contributed by atoms with E-state index in [2.05, 4.69) is 20.7 Å². The summed E-state index contributed by atoms with van der Waals surface area (Å²) in [5, 5.41) is 24.0. The molecule has 2 N–H and O–H groups in total. The first-order chi connectivity index (χ1) is 12.6. The molecule has 1 fully saturated rings. The number of benzene rings is 1. The molecule has 0 bridgehead atoms. The fourth-order valence-electron chi connectivity index (χ4n) is 2.90. The van der Waals surface area contributed by atoms with Crippen molar-refractivity contribution < 1.29 is 18.8 Å². The van der Waals surface area contributed by atoms with Gasteiger partial charge in [0.1, 0.15) is 11.8 Å². The van der Waals surface area contributed by atoms with Gasteiger partial charge in [0.15, 0.2) is 0 Å². The highest BCUT2D eigenvalue weighted by atomic mass is 16.5. The Morgan fingerprint density at radius 2 is 2.04 bits per heavy atom. The molecule has 1 aromatic carbocycles. The number of aliphatic hydroxyl groups excluding tert-OH is 1. The fourth-order valence-corrected chi connectivity index (χ4v) is 2.90. The number of carbonyl (C=O) groups excluding carboxylic acids is 1. The molecule has 3 aromatic rings. The lowest BCUT2D eigenvalue weighted by molar-refractivity contribution is 0.0864. The Morgan fingerprint density at radius 3 is 2.73 bits per heavy atom. The molecular formula is C18H18N4O4. The Bertz CT molecular complexity index is 897. The number of amides is 1. The van der Waals surface area contributed by atoms with Crippen molar-refractivity contribution in [2.45, 2.75) is 37.8 Å². The summed E-state index contributed by atoms with van der Waals surface area (Å²) in [6.07, 6.45) is 0.622. The Kier molecular flexibility index (Phi) is 4.26. The zero-order chi connectivity index (χ0) is 18.1. The molecule has 1 saturated carbocycles. The molecule has 1 amide bonds. The molecular weight excluding hydrogens is 336 g/mol. The standard InChI is InChI=1S/C18H18N4O4/c1-10(23)17-20-21-18(25-17)12-7-13(8-12)19-16(24)15-9-14(22-26-15)11-5-3-2-4-6-11/h2-6,9-10,12-13,23H,7-8H2,1H3,(H,19,24)/t10-,12?,13?/m1/s1. The predicted octanol–water partition coefficient (Wildman–Crippen LogP) is 2.45. The van der Waals surface area contributed by atoms with Crippen LogP contribution in [-0.4, -0.2) is 32.4 Å². The second-order valence-electron chi connectivity index (χ2n) is 6.44. The third-order valence-electron chi connectivity index (χ3n) is 4.44. The third kappa shape index (κ3) is 3.23. The van der Waals surface area contributed by atoms with Crippen LogP contribution < -0.4 is 5.32 Å². The van der Waals surface area contributed by atoms with Crippen molar-refractivity contribution in [3.05, 3.63) is 53.9 Å². The van der Waals surface area contributed by atoms with Gasteiger partial charge >= 0.3 is 0 Å². The molecule has 26 heavy (non-hydrogen) atoms. The molecule has 0 aliphatic heterocycles. The van der Waals surface area contributed by atoms with Gasteiger partial charge in [-0.15, -0.1) is 10.2 Å². The van der Waals surface area contributed by atoms with E-state index < -0.39 is 6.10 Å². The quantitative estimate of drug-likeness (QED) is 0.723. The number of hydrogen-bond donors (Lipinski definition) is 2. The number of aliphatic hydroxyl groups is 1. The molecule has 0 saturated heterocycles. The first-order valence-electron chi connectivity index (χ1n) is 8.44. The minimum atomic E-state index is -0.780. The van der Waals surface area contributed by atoms with Crippen molar-refractivity contribution in [2.24, 2.45) is 0 Å². The average molecular weight is 354 g/mol. The summed E-state index contributed by atoms with van der Waals surface area (Å²) in [4.78, 5) is 12.3. The van der Waals surface area contributed by atoms with E-state index in [-0.39, 0.29) is 29.5 Å². The predicted molar refractivity (Wildman–Crippen MR) is 90.1 cm³/mol. The summed E-state index contributed by atoms with van der Waals surface area (Å²) in [7, 11) is 0. The topological polar surface area (TPSA) is 114 Å². The van der Waals surface area contributed by atoms with Crippen LogP contribution in [0.3, 0.4) is 0 Å². The van der Waals surface area contributed by atoms with Crippen molar-refractivity contribution in [1.29, 1.82) is 0 Å². The van der Waals surface area contributed by atoms with Crippen LogP contribution in [0.2, 0.25) is 0 Å². The van der Waals surface area contributed by atoms with Crippen LogP contribution >= 0.6 is 0 Å². The number of hydrogen-bond acceptors (Lipinski definition) is 7. The van der Waals surface area contributed by atoms with Gasteiger partial charge in [-0.2, -0.15) is 0 Å². The van der Waals surface area contributed by atoms with E-state index in [4.69, 9.17) is 8.94 Å². The van der Waals surface area contributed by atoms with Crippen LogP contribution in [0.5, 0.6) is 0 Å². The van der Waals surface area contributed by atoms with Crippen molar-refractivity contribution in [3.63, 3.8) is 0 Å². The van der Waals surface area contributed by atoms with Gasteiger partial charge in [-0.1, -0.05) is 35.5 Å². The third-order valence-corrected chi connectivity index (χ3v) is 4.44.